The molecular formula is C17H14N6O4S3. The third-order valence-corrected chi connectivity index (χ3v) is 7.23. The second kappa shape index (κ2) is 8.39. The van der Waals surface area contributed by atoms with Crippen molar-refractivity contribution < 1.29 is 17.7 Å². The number of rotatable bonds is 7. The second-order valence-corrected chi connectivity index (χ2v) is 9.88. The summed E-state index contributed by atoms with van der Waals surface area (Å²) in [5.74, 6) is 0.0921. The number of sulfonamides is 1. The van der Waals surface area contributed by atoms with E-state index in [4.69, 9.17) is 4.52 Å². The summed E-state index contributed by atoms with van der Waals surface area (Å²) < 4.78 is 32.0. The van der Waals surface area contributed by atoms with Gasteiger partial charge in [-0.05, 0) is 30.5 Å². The zero-order chi connectivity index (χ0) is 21.1. The molecule has 0 aliphatic rings. The number of amides is 1. The number of aryl methyl sites for hydroxylation is 1. The van der Waals surface area contributed by atoms with Gasteiger partial charge < -0.3 is 4.52 Å². The van der Waals surface area contributed by atoms with Crippen LogP contribution in [0.1, 0.15) is 21.8 Å². The lowest BCUT2D eigenvalue weighted by Gasteiger charge is -2.02. The first kappa shape index (κ1) is 20.3. The van der Waals surface area contributed by atoms with Crippen LogP contribution in [-0.2, 0) is 16.6 Å². The van der Waals surface area contributed by atoms with Gasteiger partial charge in [0.25, 0.3) is 15.9 Å². The summed E-state index contributed by atoms with van der Waals surface area (Å²) in [7, 11) is -3.97. The number of nitrogens with zero attached hydrogens (tertiary/aromatic N) is 4. The van der Waals surface area contributed by atoms with Crippen LogP contribution in [0.4, 0.5) is 5.13 Å². The first-order valence-electron chi connectivity index (χ1n) is 8.48. The van der Waals surface area contributed by atoms with Crippen molar-refractivity contribution in [3.63, 3.8) is 0 Å². The molecule has 0 fully saturated rings. The molecule has 3 heterocycles. The number of benzene rings is 1. The number of carbonyl (C=O) groups excluding carboxylic acids is 1. The number of nitrogens with one attached hydrogen (secondary N) is 2. The fourth-order valence-corrected chi connectivity index (χ4v) is 4.93. The second-order valence-electron chi connectivity index (χ2n) is 6.01. The van der Waals surface area contributed by atoms with E-state index in [0.717, 1.165) is 21.8 Å². The van der Waals surface area contributed by atoms with Gasteiger partial charge in [0.05, 0.1) is 11.4 Å². The molecule has 13 heteroatoms. The lowest BCUT2D eigenvalue weighted by atomic mass is 10.1. The lowest BCUT2D eigenvalue weighted by Crippen LogP contribution is -2.23. The molecule has 154 valence electrons. The van der Waals surface area contributed by atoms with E-state index >= 15 is 0 Å². The number of thiophene rings is 1. The molecule has 4 aromatic rings. The van der Waals surface area contributed by atoms with Crippen LogP contribution >= 0.6 is 22.7 Å². The number of hydrogen-bond donors (Lipinski definition) is 2. The Bertz CT molecular complexity index is 1280. The summed E-state index contributed by atoms with van der Waals surface area (Å²) in [6.07, 6.45) is 0. The van der Waals surface area contributed by atoms with Crippen LogP contribution < -0.4 is 10.0 Å². The van der Waals surface area contributed by atoms with Gasteiger partial charge in [-0.25, -0.2) is 8.42 Å². The molecule has 30 heavy (non-hydrogen) atoms. The summed E-state index contributed by atoms with van der Waals surface area (Å²) in [5, 5.41) is 15.7. The predicted octanol–water partition coefficient (Wildman–Crippen LogP) is 2.69. The molecule has 1 amide bonds. The van der Waals surface area contributed by atoms with Crippen molar-refractivity contribution in [2.24, 2.45) is 0 Å². The Hall–Kier alpha value is -3.00. The van der Waals surface area contributed by atoms with E-state index in [1.807, 2.05) is 30.5 Å². The minimum absolute atomic E-state index is 0.0691. The maximum Gasteiger partial charge on any atom is 0.270 e. The van der Waals surface area contributed by atoms with Gasteiger partial charge in [0.15, 0.2) is 0 Å². The smallest absolute Gasteiger partial charge is 0.270 e. The van der Waals surface area contributed by atoms with Crippen molar-refractivity contribution in [3.8, 4) is 10.7 Å². The van der Waals surface area contributed by atoms with Gasteiger partial charge in [-0.1, -0.05) is 40.3 Å². The van der Waals surface area contributed by atoms with Gasteiger partial charge in [-0.15, -0.1) is 21.5 Å². The summed E-state index contributed by atoms with van der Waals surface area (Å²) in [5.41, 5.74) is 1.36. The fourth-order valence-electron chi connectivity index (χ4n) is 2.38. The van der Waals surface area contributed by atoms with Crippen molar-refractivity contribution in [1.82, 2.24) is 25.1 Å². The first-order chi connectivity index (χ1) is 14.4. The number of aromatic nitrogens is 4. The Morgan fingerprint density at radius 3 is 2.83 bits per heavy atom. The standard InChI is InChI=1S/C17H14N6O4S3/c1-10-4-2-5-11(8-10)15(24)20-16-21-22-17(29-16)30(25,26)18-9-13-19-14(23-27-13)12-6-3-7-28-12/h2-8,18H,9H2,1H3,(H,20,21,24). The van der Waals surface area contributed by atoms with Gasteiger partial charge >= 0.3 is 0 Å². The summed E-state index contributed by atoms with van der Waals surface area (Å²) in [6, 6.07) is 10.7. The minimum Gasteiger partial charge on any atom is -0.337 e. The molecule has 0 saturated carbocycles. The zero-order valence-corrected chi connectivity index (χ0v) is 17.8. The van der Waals surface area contributed by atoms with Gasteiger partial charge in [-0.2, -0.15) is 9.71 Å². The molecule has 2 N–H and O–H groups in total. The molecule has 3 aromatic heterocycles. The van der Waals surface area contributed by atoms with E-state index in [-0.39, 0.29) is 21.9 Å². The van der Waals surface area contributed by atoms with E-state index in [0.29, 0.717) is 11.4 Å². The Morgan fingerprint density at radius 1 is 1.20 bits per heavy atom. The molecule has 4 rings (SSSR count). The molecule has 0 atom stereocenters. The molecule has 0 unspecified atom stereocenters. The Balaban J connectivity index is 1.40. The Morgan fingerprint density at radius 2 is 2.07 bits per heavy atom. The van der Waals surface area contributed by atoms with Crippen LogP contribution in [0.3, 0.4) is 0 Å². The molecule has 0 aliphatic heterocycles. The number of hydrogen-bond acceptors (Lipinski definition) is 10. The zero-order valence-electron chi connectivity index (χ0n) is 15.4. The lowest BCUT2D eigenvalue weighted by molar-refractivity contribution is 0.102. The van der Waals surface area contributed by atoms with Gasteiger partial charge in [0.1, 0.15) is 0 Å². The monoisotopic (exact) mass is 462 g/mol. The molecule has 0 radical (unpaired) electrons. The molecule has 1 aromatic carbocycles. The van der Waals surface area contributed by atoms with Gasteiger partial charge in [0, 0.05) is 5.56 Å². The Labute approximate surface area is 179 Å². The highest BCUT2D eigenvalue weighted by atomic mass is 32.2. The molecule has 10 nitrogen and oxygen atoms in total. The SMILES string of the molecule is Cc1cccc(C(=O)Nc2nnc(S(=O)(=O)NCc3nc(-c4cccs4)no3)s2)c1. The third kappa shape index (κ3) is 4.59. The highest BCUT2D eigenvalue weighted by Crippen LogP contribution is 2.22. The highest BCUT2D eigenvalue weighted by Gasteiger charge is 2.22. The minimum atomic E-state index is -3.97. The van der Waals surface area contributed by atoms with Crippen molar-refractivity contribution in [3.05, 3.63) is 58.8 Å². The highest BCUT2D eigenvalue weighted by molar-refractivity contribution is 7.91. The number of anilines is 1. The average molecular weight is 463 g/mol. The van der Waals surface area contributed by atoms with Gasteiger partial charge in [-0.3, -0.25) is 10.1 Å². The van der Waals surface area contributed by atoms with Crippen LogP contribution in [-0.4, -0.2) is 34.7 Å². The van der Waals surface area contributed by atoms with Gasteiger partial charge in [0.2, 0.25) is 21.2 Å². The van der Waals surface area contributed by atoms with E-state index in [1.165, 1.54) is 11.3 Å². The fraction of sp³-hybridized carbons (Fsp3) is 0.118. The van der Waals surface area contributed by atoms with E-state index in [9.17, 15) is 13.2 Å². The quantitative estimate of drug-likeness (QED) is 0.400. The maximum absolute atomic E-state index is 12.5. The third-order valence-electron chi connectivity index (χ3n) is 3.76. The van der Waals surface area contributed by atoms with E-state index in [2.05, 4.69) is 30.4 Å². The molecule has 0 saturated heterocycles. The van der Waals surface area contributed by atoms with E-state index < -0.39 is 15.9 Å². The Kier molecular flexibility index (Phi) is 5.67. The molecule has 0 aliphatic carbocycles. The normalized spacial score (nSPS) is 11.5. The molecular weight excluding hydrogens is 448 g/mol. The average Bonchev–Trinajstić information content (AvgIpc) is 3.47. The van der Waals surface area contributed by atoms with Crippen molar-refractivity contribution in [1.29, 1.82) is 0 Å². The van der Waals surface area contributed by atoms with Crippen LogP contribution in [0.2, 0.25) is 0 Å². The molecule has 0 bridgehead atoms. The summed E-state index contributed by atoms with van der Waals surface area (Å²) >= 11 is 2.18. The molecule has 0 spiro atoms. The first-order valence-corrected chi connectivity index (χ1v) is 11.7. The van der Waals surface area contributed by atoms with Crippen LogP contribution in [0.25, 0.3) is 10.7 Å². The van der Waals surface area contributed by atoms with E-state index in [1.54, 1.807) is 18.2 Å². The summed E-state index contributed by atoms with van der Waals surface area (Å²) in [6.45, 7) is 1.66. The largest absolute Gasteiger partial charge is 0.337 e. The van der Waals surface area contributed by atoms with Crippen LogP contribution in [0.5, 0.6) is 0 Å². The topological polar surface area (TPSA) is 140 Å². The van der Waals surface area contributed by atoms with Crippen molar-refractivity contribution in [2.45, 2.75) is 17.8 Å². The van der Waals surface area contributed by atoms with Crippen molar-refractivity contribution in [2.75, 3.05) is 5.32 Å². The van der Waals surface area contributed by atoms with Crippen LogP contribution in [0.15, 0.2) is 50.6 Å². The maximum atomic E-state index is 12.5. The predicted molar refractivity (Wildman–Crippen MR) is 111 cm³/mol. The van der Waals surface area contributed by atoms with Crippen molar-refractivity contribution >= 4 is 43.7 Å². The number of carbonyl (C=O) groups is 1. The van der Waals surface area contributed by atoms with Crippen LogP contribution in [0, 0.1) is 6.92 Å². The summed E-state index contributed by atoms with van der Waals surface area (Å²) in [4.78, 5) is 17.2.